The number of hydrogen-bond donors (Lipinski definition) is 0. The van der Waals surface area contributed by atoms with E-state index in [9.17, 15) is 14.8 Å². The minimum Gasteiger partial charge on any atom is -0.618 e. The van der Waals surface area contributed by atoms with Gasteiger partial charge >= 0.3 is 17.6 Å². The van der Waals surface area contributed by atoms with Gasteiger partial charge in [-0.2, -0.15) is 4.73 Å². The Morgan fingerprint density at radius 2 is 1.96 bits per heavy atom. The molecule has 0 aliphatic carbocycles. The van der Waals surface area contributed by atoms with Crippen molar-refractivity contribution in [1.29, 1.82) is 0 Å². The van der Waals surface area contributed by atoms with Gasteiger partial charge in [-0.1, -0.05) is 23.2 Å². The molecule has 3 aromatic rings. The number of methoxy groups -OCH3 is 1. The third kappa shape index (κ3) is 3.76. The first-order valence-electron chi connectivity index (χ1n) is 7.49. The number of carbonyl (C=O) groups is 2. The van der Waals surface area contributed by atoms with Crippen LogP contribution in [0.1, 0.15) is 26.5 Å². The number of fused-ring (bicyclic) bond motifs is 1. The average Bonchev–Trinajstić information content (AvgIpc) is 2.68. The molecule has 0 radical (unpaired) electrons. The highest BCUT2D eigenvalue weighted by Gasteiger charge is 2.28. The number of hydrogen-bond acceptors (Lipinski definition) is 7. The number of rotatable bonds is 4. The topological polar surface area (TPSA) is 105 Å². The van der Waals surface area contributed by atoms with Crippen molar-refractivity contribution in [1.82, 2.24) is 9.97 Å². The van der Waals surface area contributed by atoms with Gasteiger partial charge in [0.25, 0.3) is 0 Å². The van der Waals surface area contributed by atoms with E-state index in [4.69, 9.17) is 27.9 Å². The molecule has 0 fully saturated rings. The maximum absolute atomic E-state index is 12.7. The summed E-state index contributed by atoms with van der Waals surface area (Å²) in [6, 6.07) is 5.75. The third-order valence-electron chi connectivity index (χ3n) is 3.58. The summed E-state index contributed by atoms with van der Waals surface area (Å²) in [7, 11) is 1.12. The van der Waals surface area contributed by atoms with Gasteiger partial charge in [0, 0.05) is 18.5 Å². The minimum absolute atomic E-state index is 0.0205. The van der Waals surface area contributed by atoms with Crippen LogP contribution in [0.25, 0.3) is 11.0 Å². The van der Waals surface area contributed by atoms with Crippen molar-refractivity contribution in [3.8, 4) is 0 Å². The lowest BCUT2D eigenvalue weighted by Crippen LogP contribution is -2.38. The van der Waals surface area contributed by atoms with Crippen LogP contribution in [-0.4, -0.2) is 29.0 Å². The number of nitrogens with zero attached hydrogens (tertiary/aromatic N) is 3. The SMILES string of the molecule is COC(=O)c1c(COC(=O)c2cccnc2)nc2cc(Cl)c(Cl)cc2[n+]1[O-]. The standard InChI is InChI=1S/C17H11Cl2N3O5/c1-26-17(24)15-13(8-27-16(23)9-3-2-4-20-7-9)21-12-5-10(18)11(19)6-14(12)22(15)25/h2-7H,8H2,1H3. The van der Waals surface area contributed by atoms with Gasteiger partial charge in [-0.05, 0) is 18.2 Å². The lowest BCUT2D eigenvalue weighted by molar-refractivity contribution is -0.581. The average molecular weight is 408 g/mol. The predicted octanol–water partition coefficient (Wildman–Crippen LogP) is 2.71. The van der Waals surface area contributed by atoms with Crippen LogP contribution in [-0.2, 0) is 16.1 Å². The van der Waals surface area contributed by atoms with Crippen LogP contribution in [0.4, 0.5) is 0 Å². The van der Waals surface area contributed by atoms with Crippen LogP contribution >= 0.6 is 23.2 Å². The summed E-state index contributed by atoms with van der Waals surface area (Å²) in [6.07, 6.45) is 2.83. The van der Waals surface area contributed by atoms with E-state index in [2.05, 4.69) is 14.7 Å². The Balaban J connectivity index is 2.03. The lowest BCUT2D eigenvalue weighted by atomic mass is 10.2. The zero-order valence-electron chi connectivity index (χ0n) is 13.8. The highest BCUT2D eigenvalue weighted by molar-refractivity contribution is 6.42. The molecule has 10 heteroatoms. The molecular weight excluding hydrogens is 397 g/mol. The first-order chi connectivity index (χ1) is 12.9. The molecule has 0 aliphatic rings. The summed E-state index contributed by atoms with van der Waals surface area (Å²) < 4.78 is 10.1. The molecular formula is C17H11Cl2N3O5. The van der Waals surface area contributed by atoms with Gasteiger partial charge < -0.3 is 14.7 Å². The van der Waals surface area contributed by atoms with Gasteiger partial charge in [0.15, 0.2) is 5.69 Å². The molecule has 3 rings (SSSR count). The Morgan fingerprint density at radius 1 is 1.22 bits per heavy atom. The Hall–Kier alpha value is -2.97. The lowest BCUT2D eigenvalue weighted by Gasteiger charge is -2.11. The van der Waals surface area contributed by atoms with Crippen LogP contribution in [0.3, 0.4) is 0 Å². The van der Waals surface area contributed by atoms with E-state index in [0.717, 1.165) is 7.11 Å². The molecule has 2 heterocycles. The molecule has 0 N–H and O–H groups in total. The molecule has 0 saturated carbocycles. The smallest absolute Gasteiger partial charge is 0.406 e. The largest absolute Gasteiger partial charge is 0.618 e. The summed E-state index contributed by atoms with van der Waals surface area (Å²) >= 11 is 11.9. The zero-order chi connectivity index (χ0) is 19.6. The summed E-state index contributed by atoms with van der Waals surface area (Å²) in [6.45, 7) is -0.434. The van der Waals surface area contributed by atoms with Crippen molar-refractivity contribution < 1.29 is 23.8 Å². The van der Waals surface area contributed by atoms with Crippen molar-refractivity contribution in [2.45, 2.75) is 6.61 Å². The maximum Gasteiger partial charge on any atom is 0.406 e. The van der Waals surface area contributed by atoms with Crippen molar-refractivity contribution in [3.05, 3.63) is 68.9 Å². The van der Waals surface area contributed by atoms with Crippen molar-refractivity contribution in [2.24, 2.45) is 0 Å². The van der Waals surface area contributed by atoms with Crippen molar-refractivity contribution in [2.75, 3.05) is 7.11 Å². The molecule has 0 bridgehead atoms. The van der Waals surface area contributed by atoms with Gasteiger partial charge in [0.2, 0.25) is 5.52 Å². The molecule has 1 aromatic carbocycles. The molecule has 138 valence electrons. The first kappa shape index (κ1) is 18.8. The van der Waals surface area contributed by atoms with E-state index in [1.54, 1.807) is 6.07 Å². The normalized spacial score (nSPS) is 10.6. The molecule has 0 aliphatic heterocycles. The molecule has 2 aromatic heterocycles. The van der Waals surface area contributed by atoms with E-state index in [1.807, 2.05) is 0 Å². The fourth-order valence-electron chi connectivity index (χ4n) is 2.31. The van der Waals surface area contributed by atoms with Gasteiger partial charge in [-0.25, -0.2) is 14.6 Å². The van der Waals surface area contributed by atoms with Gasteiger partial charge in [-0.15, -0.1) is 0 Å². The fraction of sp³-hybridized carbons (Fsp3) is 0.118. The number of ether oxygens (including phenoxy) is 2. The highest BCUT2D eigenvalue weighted by Crippen LogP contribution is 2.26. The molecule has 27 heavy (non-hydrogen) atoms. The molecule has 0 atom stereocenters. The van der Waals surface area contributed by atoms with Crippen molar-refractivity contribution in [3.63, 3.8) is 0 Å². The first-order valence-corrected chi connectivity index (χ1v) is 8.24. The summed E-state index contributed by atoms with van der Waals surface area (Å²) in [5, 5.41) is 13.0. The Labute approximate surface area is 162 Å². The predicted molar refractivity (Wildman–Crippen MR) is 95.4 cm³/mol. The van der Waals surface area contributed by atoms with Gasteiger partial charge in [0.1, 0.15) is 12.1 Å². The molecule has 0 saturated heterocycles. The van der Waals surface area contributed by atoms with E-state index < -0.39 is 24.2 Å². The van der Waals surface area contributed by atoms with Gasteiger partial charge in [-0.3, -0.25) is 4.98 Å². The molecule has 0 spiro atoms. The number of carbonyl (C=O) groups excluding carboxylic acids is 2. The van der Waals surface area contributed by atoms with E-state index >= 15 is 0 Å². The second kappa shape index (κ2) is 7.73. The minimum atomic E-state index is -0.933. The second-order valence-electron chi connectivity index (χ2n) is 5.27. The van der Waals surface area contributed by atoms with Gasteiger partial charge in [0.05, 0.1) is 22.7 Å². The maximum atomic E-state index is 12.7. The van der Waals surface area contributed by atoms with Crippen LogP contribution < -0.4 is 4.73 Å². The fourth-order valence-corrected chi connectivity index (χ4v) is 2.63. The Bertz CT molecular complexity index is 1040. The second-order valence-corrected chi connectivity index (χ2v) is 6.08. The summed E-state index contributed by atoms with van der Waals surface area (Å²) in [4.78, 5) is 32.2. The molecule has 8 nitrogen and oxygen atoms in total. The van der Waals surface area contributed by atoms with E-state index in [1.165, 1.54) is 30.6 Å². The monoisotopic (exact) mass is 407 g/mol. The molecule has 0 amide bonds. The third-order valence-corrected chi connectivity index (χ3v) is 4.31. The number of esters is 2. The molecule has 0 unspecified atom stereocenters. The summed E-state index contributed by atoms with van der Waals surface area (Å²) in [5.74, 6) is -1.62. The number of halogens is 2. The van der Waals surface area contributed by atoms with E-state index in [0.29, 0.717) is 4.73 Å². The number of pyridine rings is 1. The van der Waals surface area contributed by atoms with Crippen LogP contribution in [0.5, 0.6) is 0 Å². The number of aromatic nitrogens is 3. The van der Waals surface area contributed by atoms with Crippen LogP contribution in [0.2, 0.25) is 10.0 Å². The van der Waals surface area contributed by atoms with Crippen LogP contribution in [0.15, 0.2) is 36.7 Å². The Morgan fingerprint density at radius 3 is 2.63 bits per heavy atom. The van der Waals surface area contributed by atoms with Crippen LogP contribution in [0, 0.1) is 5.21 Å². The zero-order valence-corrected chi connectivity index (χ0v) is 15.3. The van der Waals surface area contributed by atoms with Crippen molar-refractivity contribution >= 4 is 46.2 Å². The quantitative estimate of drug-likeness (QED) is 0.371. The Kier molecular flexibility index (Phi) is 5.38. The number of benzene rings is 1. The summed E-state index contributed by atoms with van der Waals surface area (Å²) in [5.41, 5.74) is -0.0864. The highest BCUT2D eigenvalue weighted by atomic mass is 35.5. The van der Waals surface area contributed by atoms with E-state index in [-0.39, 0.29) is 32.3 Å².